The molecule has 26 heavy (non-hydrogen) atoms. The van der Waals surface area contributed by atoms with Crippen molar-refractivity contribution in [2.75, 3.05) is 32.2 Å². The number of benzene rings is 1. The summed E-state index contributed by atoms with van der Waals surface area (Å²) in [5, 5.41) is 6.07. The van der Waals surface area contributed by atoms with Crippen LogP contribution in [0.3, 0.4) is 0 Å². The quantitative estimate of drug-likeness (QED) is 0.540. The van der Waals surface area contributed by atoms with Crippen molar-refractivity contribution in [1.29, 1.82) is 0 Å². The van der Waals surface area contributed by atoms with Gasteiger partial charge < -0.3 is 20.1 Å². The first kappa shape index (κ1) is 20.2. The zero-order valence-electron chi connectivity index (χ0n) is 14.7. The Bertz CT molecular complexity index is 741. The second-order valence-corrected chi connectivity index (χ2v) is 8.16. The van der Waals surface area contributed by atoms with E-state index in [1.807, 2.05) is 0 Å². The first-order valence-electron chi connectivity index (χ1n) is 8.09. The van der Waals surface area contributed by atoms with Gasteiger partial charge in [0.15, 0.2) is 15.8 Å². The van der Waals surface area contributed by atoms with Crippen LogP contribution < -0.4 is 20.1 Å². The van der Waals surface area contributed by atoms with Gasteiger partial charge >= 0.3 is 6.61 Å². The van der Waals surface area contributed by atoms with Crippen LogP contribution in [0.25, 0.3) is 0 Å². The van der Waals surface area contributed by atoms with E-state index < -0.39 is 16.4 Å². The summed E-state index contributed by atoms with van der Waals surface area (Å²) in [6.45, 7) is -2.27. The van der Waals surface area contributed by atoms with Gasteiger partial charge in [-0.3, -0.25) is 4.99 Å². The highest BCUT2D eigenvalue weighted by atomic mass is 32.2. The largest absolute Gasteiger partial charge is 0.497 e. The molecule has 0 bridgehead atoms. The Balaban J connectivity index is 1.95. The summed E-state index contributed by atoms with van der Waals surface area (Å²) >= 11 is 0. The highest BCUT2D eigenvalue weighted by Gasteiger charge is 2.27. The standard InChI is InChI=1S/C16H23F2N3O4S/c1-19-16(20-8-11-5-6-26(22,23)10-11)21-9-12-7-13(24-2)3-4-14(12)25-15(17)18/h3-4,7,11,15H,5-6,8-10H2,1-2H3,(H2,19,20,21). The van der Waals surface area contributed by atoms with Crippen LogP contribution in [0.15, 0.2) is 23.2 Å². The topological polar surface area (TPSA) is 89.0 Å². The molecular weight excluding hydrogens is 368 g/mol. The van der Waals surface area contributed by atoms with Gasteiger partial charge in [-0.25, -0.2) is 8.42 Å². The molecule has 0 amide bonds. The summed E-state index contributed by atoms with van der Waals surface area (Å²) in [6, 6.07) is 4.55. The number of hydrogen-bond donors (Lipinski definition) is 2. The van der Waals surface area contributed by atoms with Crippen LogP contribution in [0.5, 0.6) is 11.5 Å². The normalized spacial score (nSPS) is 19.4. The smallest absolute Gasteiger partial charge is 0.387 e. The van der Waals surface area contributed by atoms with Crippen LogP contribution in [0.4, 0.5) is 8.78 Å². The average Bonchev–Trinajstić information content (AvgIpc) is 2.94. The summed E-state index contributed by atoms with van der Waals surface area (Å²) in [7, 11) is 0.123. The molecule has 1 heterocycles. The van der Waals surface area contributed by atoms with E-state index in [0.717, 1.165) is 0 Å². The molecule has 7 nitrogen and oxygen atoms in total. The SMILES string of the molecule is CN=C(NCc1cc(OC)ccc1OC(F)F)NCC1CCS(=O)(=O)C1. The van der Waals surface area contributed by atoms with Crippen LogP contribution in [-0.2, 0) is 16.4 Å². The van der Waals surface area contributed by atoms with Crippen molar-refractivity contribution in [2.45, 2.75) is 19.6 Å². The van der Waals surface area contributed by atoms with Gasteiger partial charge in [0.05, 0.1) is 18.6 Å². The second-order valence-electron chi connectivity index (χ2n) is 5.93. The minimum absolute atomic E-state index is 0.0353. The number of guanidine groups is 1. The molecule has 1 aromatic rings. The number of alkyl halides is 2. The Hall–Kier alpha value is -2.10. The maximum Gasteiger partial charge on any atom is 0.387 e. The van der Waals surface area contributed by atoms with Gasteiger partial charge in [-0.15, -0.1) is 0 Å². The van der Waals surface area contributed by atoms with Crippen molar-refractivity contribution in [3.05, 3.63) is 23.8 Å². The van der Waals surface area contributed by atoms with E-state index in [-0.39, 0.29) is 29.7 Å². The molecule has 1 aromatic carbocycles. The van der Waals surface area contributed by atoms with Crippen molar-refractivity contribution in [3.8, 4) is 11.5 Å². The molecule has 1 aliphatic heterocycles. The fourth-order valence-corrected chi connectivity index (χ4v) is 4.57. The van der Waals surface area contributed by atoms with E-state index in [2.05, 4.69) is 20.4 Å². The summed E-state index contributed by atoms with van der Waals surface area (Å²) in [4.78, 5) is 4.06. The number of nitrogens with zero attached hydrogens (tertiary/aromatic N) is 1. The summed E-state index contributed by atoms with van der Waals surface area (Å²) in [5.41, 5.74) is 0.482. The number of rotatable bonds is 7. The molecule has 1 fully saturated rings. The highest BCUT2D eigenvalue weighted by molar-refractivity contribution is 7.91. The summed E-state index contributed by atoms with van der Waals surface area (Å²) in [5.74, 6) is 1.42. The number of sulfone groups is 1. The number of ether oxygens (including phenoxy) is 2. The van der Waals surface area contributed by atoms with Crippen LogP contribution in [0.1, 0.15) is 12.0 Å². The van der Waals surface area contributed by atoms with Crippen molar-refractivity contribution in [2.24, 2.45) is 10.9 Å². The number of halogens is 2. The molecule has 0 aromatic heterocycles. The van der Waals surface area contributed by atoms with Gasteiger partial charge in [0, 0.05) is 25.7 Å². The van der Waals surface area contributed by atoms with Crippen molar-refractivity contribution >= 4 is 15.8 Å². The fourth-order valence-electron chi connectivity index (χ4n) is 2.71. The van der Waals surface area contributed by atoms with Gasteiger partial charge in [0.25, 0.3) is 0 Å². The molecule has 0 aliphatic carbocycles. The van der Waals surface area contributed by atoms with Crippen molar-refractivity contribution in [1.82, 2.24) is 10.6 Å². The number of hydrogen-bond acceptors (Lipinski definition) is 5. The molecule has 1 atom stereocenters. The maximum atomic E-state index is 12.5. The van der Waals surface area contributed by atoms with Gasteiger partial charge in [-0.2, -0.15) is 8.78 Å². The molecule has 1 aliphatic rings. The molecular formula is C16H23F2N3O4S. The van der Waals surface area contributed by atoms with E-state index in [9.17, 15) is 17.2 Å². The number of aliphatic imine (C=N–C) groups is 1. The predicted octanol–water partition coefficient (Wildman–Crippen LogP) is 1.40. The zero-order chi connectivity index (χ0) is 19.2. The highest BCUT2D eigenvalue weighted by Crippen LogP contribution is 2.25. The minimum Gasteiger partial charge on any atom is -0.497 e. The zero-order valence-corrected chi connectivity index (χ0v) is 15.5. The Kier molecular flexibility index (Phi) is 7.01. The van der Waals surface area contributed by atoms with Gasteiger partial charge in [0.2, 0.25) is 0 Å². The van der Waals surface area contributed by atoms with Crippen LogP contribution in [0.2, 0.25) is 0 Å². The van der Waals surface area contributed by atoms with E-state index >= 15 is 0 Å². The van der Waals surface area contributed by atoms with Crippen LogP contribution in [0, 0.1) is 5.92 Å². The Labute approximate surface area is 151 Å². The molecule has 0 saturated carbocycles. The second kappa shape index (κ2) is 9.02. The lowest BCUT2D eigenvalue weighted by Crippen LogP contribution is -2.39. The number of methoxy groups -OCH3 is 1. The molecule has 1 saturated heterocycles. The molecule has 1 unspecified atom stereocenters. The lowest BCUT2D eigenvalue weighted by atomic mass is 10.1. The van der Waals surface area contributed by atoms with E-state index in [1.54, 1.807) is 13.1 Å². The Morgan fingerprint density at radius 2 is 2.15 bits per heavy atom. The number of nitrogens with one attached hydrogen (secondary N) is 2. The van der Waals surface area contributed by atoms with E-state index in [1.165, 1.54) is 19.2 Å². The lowest BCUT2D eigenvalue weighted by molar-refractivity contribution is -0.0505. The monoisotopic (exact) mass is 391 g/mol. The van der Waals surface area contributed by atoms with E-state index in [4.69, 9.17) is 4.74 Å². The maximum absolute atomic E-state index is 12.5. The van der Waals surface area contributed by atoms with Crippen LogP contribution in [-0.4, -0.2) is 53.2 Å². The third kappa shape index (κ3) is 6.01. The van der Waals surface area contributed by atoms with Gasteiger partial charge in [0.1, 0.15) is 11.5 Å². The summed E-state index contributed by atoms with van der Waals surface area (Å²) in [6.07, 6.45) is 0.620. The van der Waals surface area contributed by atoms with Gasteiger partial charge in [-0.05, 0) is 30.5 Å². The molecule has 146 valence electrons. The average molecular weight is 391 g/mol. The van der Waals surface area contributed by atoms with Crippen LogP contribution >= 0.6 is 0 Å². The molecule has 0 radical (unpaired) electrons. The first-order valence-corrected chi connectivity index (χ1v) is 9.91. The summed E-state index contributed by atoms with van der Waals surface area (Å²) < 4.78 is 57.7. The third-order valence-corrected chi connectivity index (χ3v) is 5.88. The third-order valence-electron chi connectivity index (χ3n) is 4.04. The minimum atomic E-state index is -2.93. The van der Waals surface area contributed by atoms with Crippen molar-refractivity contribution in [3.63, 3.8) is 0 Å². The molecule has 0 spiro atoms. The Morgan fingerprint density at radius 3 is 2.73 bits per heavy atom. The van der Waals surface area contributed by atoms with Crippen molar-refractivity contribution < 1.29 is 26.7 Å². The molecule has 2 N–H and O–H groups in total. The predicted molar refractivity (Wildman–Crippen MR) is 94.6 cm³/mol. The lowest BCUT2D eigenvalue weighted by Gasteiger charge is -2.16. The molecule has 10 heteroatoms. The Morgan fingerprint density at radius 1 is 1.38 bits per heavy atom. The van der Waals surface area contributed by atoms with Gasteiger partial charge in [-0.1, -0.05) is 0 Å². The fraction of sp³-hybridized carbons (Fsp3) is 0.562. The first-order chi connectivity index (χ1) is 12.3. The molecule has 2 rings (SSSR count). The van der Waals surface area contributed by atoms with E-state index in [0.29, 0.717) is 30.2 Å².